The average Bonchev–Trinajstić information content (AvgIpc) is 2.60. The third-order valence-electron chi connectivity index (χ3n) is 5.44. The molecule has 2 aromatic rings. The lowest BCUT2D eigenvalue weighted by Crippen LogP contribution is -2.16. The van der Waals surface area contributed by atoms with E-state index in [0.717, 1.165) is 6.42 Å². The SMILES string of the molecule is CCC(C)c1ccc(C(C)(CC)Sc2ccc(C(C)(C)C)cc2)cc1. The van der Waals surface area contributed by atoms with Gasteiger partial charge < -0.3 is 0 Å². The molecule has 0 radical (unpaired) electrons. The van der Waals surface area contributed by atoms with E-state index in [1.165, 1.54) is 28.0 Å². The molecule has 0 aromatic heterocycles. The molecule has 0 spiro atoms. The summed E-state index contributed by atoms with van der Waals surface area (Å²) in [4.78, 5) is 1.35. The molecule has 0 heterocycles. The summed E-state index contributed by atoms with van der Waals surface area (Å²) in [5, 5.41) is 0. The quantitative estimate of drug-likeness (QED) is 0.475. The van der Waals surface area contributed by atoms with Crippen molar-refractivity contribution in [2.24, 2.45) is 0 Å². The largest absolute Gasteiger partial charge is 0.115 e. The molecular formula is C24H34S. The van der Waals surface area contributed by atoms with Gasteiger partial charge in [0.05, 0.1) is 0 Å². The van der Waals surface area contributed by atoms with Gasteiger partial charge in [0, 0.05) is 9.64 Å². The summed E-state index contributed by atoms with van der Waals surface area (Å²) in [7, 11) is 0. The van der Waals surface area contributed by atoms with E-state index in [9.17, 15) is 0 Å². The van der Waals surface area contributed by atoms with E-state index in [-0.39, 0.29) is 10.2 Å². The van der Waals surface area contributed by atoms with Gasteiger partial charge in [0.1, 0.15) is 0 Å². The molecule has 0 fully saturated rings. The van der Waals surface area contributed by atoms with Gasteiger partial charge in [0.2, 0.25) is 0 Å². The van der Waals surface area contributed by atoms with Crippen LogP contribution in [0.5, 0.6) is 0 Å². The van der Waals surface area contributed by atoms with Crippen LogP contribution in [0.1, 0.15) is 83.9 Å². The molecule has 0 saturated heterocycles. The molecule has 0 amide bonds. The van der Waals surface area contributed by atoms with E-state index in [1.807, 2.05) is 11.8 Å². The Morgan fingerprint density at radius 1 is 0.800 bits per heavy atom. The second-order valence-corrected chi connectivity index (χ2v) is 9.97. The van der Waals surface area contributed by atoms with Crippen LogP contribution in [-0.4, -0.2) is 0 Å². The molecule has 2 rings (SSSR count). The zero-order chi connectivity index (χ0) is 18.7. The first-order valence-corrected chi connectivity index (χ1v) is 10.4. The minimum Gasteiger partial charge on any atom is -0.115 e. The Kier molecular flexibility index (Phi) is 6.43. The summed E-state index contributed by atoms with van der Waals surface area (Å²) in [5.41, 5.74) is 4.48. The van der Waals surface area contributed by atoms with Crippen LogP contribution in [0, 0.1) is 0 Å². The van der Waals surface area contributed by atoms with Crippen LogP contribution in [0.15, 0.2) is 53.4 Å². The van der Waals surface area contributed by atoms with Crippen LogP contribution in [-0.2, 0) is 10.2 Å². The molecular weight excluding hydrogens is 320 g/mol. The Morgan fingerprint density at radius 2 is 1.32 bits per heavy atom. The fourth-order valence-corrected chi connectivity index (χ4v) is 4.21. The molecule has 0 nitrogen and oxygen atoms in total. The number of hydrogen-bond donors (Lipinski definition) is 0. The number of thioether (sulfide) groups is 1. The van der Waals surface area contributed by atoms with Gasteiger partial charge >= 0.3 is 0 Å². The standard InChI is InChI=1S/C24H34S/c1-8-18(3)19-10-12-21(13-11-19)24(7,9-2)25-22-16-14-20(15-17-22)23(4,5)6/h10-18H,8-9H2,1-7H3. The summed E-state index contributed by atoms with van der Waals surface area (Å²) < 4.78 is 0.108. The summed E-state index contributed by atoms with van der Waals surface area (Å²) >= 11 is 1.98. The summed E-state index contributed by atoms with van der Waals surface area (Å²) in [6, 6.07) is 18.4. The smallest absolute Gasteiger partial charge is 0.0424 e. The van der Waals surface area contributed by atoms with Gasteiger partial charge in [-0.15, -0.1) is 11.8 Å². The first-order chi connectivity index (χ1) is 11.7. The van der Waals surface area contributed by atoms with Gasteiger partial charge in [-0.3, -0.25) is 0 Å². The Balaban J connectivity index is 2.22. The number of rotatable bonds is 6. The lowest BCUT2D eigenvalue weighted by atomic mass is 9.87. The van der Waals surface area contributed by atoms with E-state index in [4.69, 9.17) is 0 Å². The predicted octanol–water partition coefficient (Wildman–Crippen LogP) is 7.92. The van der Waals surface area contributed by atoms with Crippen LogP contribution in [0.25, 0.3) is 0 Å². The van der Waals surface area contributed by atoms with Gasteiger partial charge in [0.25, 0.3) is 0 Å². The van der Waals surface area contributed by atoms with Crippen molar-refractivity contribution in [3.8, 4) is 0 Å². The van der Waals surface area contributed by atoms with E-state index in [1.54, 1.807) is 0 Å². The highest BCUT2D eigenvalue weighted by atomic mass is 32.2. The van der Waals surface area contributed by atoms with Crippen molar-refractivity contribution in [2.75, 3.05) is 0 Å². The van der Waals surface area contributed by atoms with E-state index in [0.29, 0.717) is 5.92 Å². The van der Waals surface area contributed by atoms with Crippen molar-refractivity contribution in [3.63, 3.8) is 0 Å². The Bertz CT molecular complexity index is 661. The van der Waals surface area contributed by atoms with E-state index < -0.39 is 0 Å². The molecule has 2 aromatic carbocycles. The highest BCUT2D eigenvalue weighted by Gasteiger charge is 2.26. The topological polar surface area (TPSA) is 0 Å². The molecule has 0 bridgehead atoms. The van der Waals surface area contributed by atoms with Gasteiger partial charge in [-0.1, -0.05) is 77.9 Å². The van der Waals surface area contributed by atoms with Crippen LogP contribution in [0.2, 0.25) is 0 Å². The van der Waals surface area contributed by atoms with Crippen LogP contribution in [0.3, 0.4) is 0 Å². The average molecular weight is 355 g/mol. The highest BCUT2D eigenvalue weighted by molar-refractivity contribution is 8.00. The second kappa shape index (κ2) is 7.99. The molecule has 2 unspecified atom stereocenters. The van der Waals surface area contributed by atoms with Crippen molar-refractivity contribution in [2.45, 2.75) is 82.3 Å². The number of hydrogen-bond acceptors (Lipinski definition) is 1. The third-order valence-corrected chi connectivity index (χ3v) is 6.92. The molecule has 0 N–H and O–H groups in total. The second-order valence-electron chi connectivity index (χ2n) is 8.39. The summed E-state index contributed by atoms with van der Waals surface area (Å²) in [5.74, 6) is 0.638. The third kappa shape index (κ3) is 4.91. The maximum atomic E-state index is 2.37. The lowest BCUT2D eigenvalue weighted by Gasteiger charge is -2.29. The fourth-order valence-electron chi connectivity index (χ4n) is 3.02. The summed E-state index contributed by atoms with van der Waals surface area (Å²) in [6.45, 7) is 16.0. The molecule has 1 heteroatoms. The Labute approximate surface area is 159 Å². The molecule has 0 saturated carbocycles. The highest BCUT2D eigenvalue weighted by Crippen LogP contribution is 2.44. The monoisotopic (exact) mass is 354 g/mol. The van der Waals surface area contributed by atoms with Crippen LogP contribution in [0.4, 0.5) is 0 Å². The Morgan fingerprint density at radius 3 is 1.76 bits per heavy atom. The first-order valence-electron chi connectivity index (χ1n) is 9.59. The van der Waals surface area contributed by atoms with Gasteiger partial charge in [0.15, 0.2) is 0 Å². The predicted molar refractivity (Wildman–Crippen MR) is 114 cm³/mol. The minimum absolute atomic E-state index is 0.108. The Hall–Kier alpha value is -1.21. The molecule has 136 valence electrons. The maximum Gasteiger partial charge on any atom is 0.0424 e. The summed E-state index contributed by atoms with van der Waals surface area (Å²) in [6.07, 6.45) is 2.31. The van der Waals surface area contributed by atoms with Crippen molar-refractivity contribution < 1.29 is 0 Å². The normalized spacial score (nSPS) is 15.6. The van der Waals surface area contributed by atoms with Crippen molar-refractivity contribution in [3.05, 3.63) is 65.2 Å². The maximum absolute atomic E-state index is 2.37. The van der Waals surface area contributed by atoms with Crippen molar-refractivity contribution in [1.82, 2.24) is 0 Å². The van der Waals surface area contributed by atoms with Gasteiger partial charge in [-0.2, -0.15) is 0 Å². The minimum atomic E-state index is 0.108. The first kappa shape index (κ1) is 20.1. The molecule has 0 aliphatic carbocycles. The van der Waals surface area contributed by atoms with E-state index >= 15 is 0 Å². The van der Waals surface area contributed by atoms with Crippen molar-refractivity contribution in [1.29, 1.82) is 0 Å². The molecule has 25 heavy (non-hydrogen) atoms. The van der Waals surface area contributed by atoms with E-state index in [2.05, 4.69) is 97.0 Å². The zero-order valence-corrected chi connectivity index (χ0v) is 17.8. The number of benzene rings is 2. The fraction of sp³-hybridized carbons (Fsp3) is 0.500. The molecule has 2 atom stereocenters. The molecule has 0 aliphatic rings. The van der Waals surface area contributed by atoms with Crippen LogP contribution >= 0.6 is 11.8 Å². The van der Waals surface area contributed by atoms with Gasteiger partial charge in [-0.25, -0.2) is 0 Å². The molecule has 0 aliphatic heterocycles. The lowest BCUT2D eigenvalue weighted by molar-refractivity contribution is 0.589. The van der Waals surface area contributed by atoms with Gasteiger partial charge in [-0.05, 0) is 59.9 Å². The van der Waals surface area contributed by atoms with Crippen molar-refractivity contribution >= 4 is 11.8 Å². The van der Waals surface area contributed by atoms with Crippen LogP contribution < -0.4 is 0 Å². The zero-order valence-electron chi connectivity index (χ0n) is 17.0.